The van der Waals surface area contributed by atoms with Crippen LogP contribution in [0.3, 0.4) is 0 Å². The molecule has 0 aliphatic rings. The van der Waals surface area contributed by atoms with Crippen LogP contribution in [0.2, 0.25) is 0 Å². The molecule has 3 rings (SSSR count). The molecule has 0 aliphatic carbocycles. The van der Waals surface area contributed by atoms with Gasteiger partial charge in [0.05, 0.1) is 23.8 Å². The summed E-state index contributed by atoms with van der Waals surface area (Å²) in [5.74, 6) is -1.46. The molecule has 0 atom stereocenters. The fourth-order valence-electron chi connectivity index (χ4n) is 1.97. The van der Waals surface area contributed by atoms with Crippen molar-refractivity contribution in [2.45, 2.75) is 6.42 Å². The van der Waals surface area contributed by atoms with Gasteiger partial charge in [-0.15, -0.1) is 0 Å². The molecule has 0 bridgehead atoms. The van der Waals surface area contributed by atoms with Gasteiger partial charge in [0.1, 0.15) is 0 Å². The van der Waals surface area contributed by atoms with E-state index >= 15 is 0 Å². The van der Waals surface area contributed by atoms with E-state index in [1.54, 1.807) is 24.4 Å². The summed E-state index contributed by atoms with van der Waals surface area (Å²) in [7, 11) is 0. The molecule has 0 spiro atoms. The lowest BCUT2D eigenvalue weighted by Crippen LogP contribution is -2.01. The average molecular weight is 259 g/mol. The van der Waals surface area contributed by atoms with Gasteiger partial charge < -0.3 is 9.52 Å². The highest BCUT2D eigenvalue weighted by atomic mass is 16.4. The van der Waals surface area contributed by atoms with E-state index in [1.165, 1.54) is 0 Å². The van der Waals surface area contributed by atoms with Crippen LogP contribution in [0.4, 0.5) is 0 Å². The van der Waals surface area contributed by atoms with E-state index in [9.17, 15) is 9.59 Å². The number of fused-ring (bicyclic) bond motifs is 1. The zero-order chi connectivity index (χ0) is 13.4. The normalized spacial score (nSPS) is 10.9. The fraction of sp³-hybridized carbons (Fsp3) is 0.0833. The molecule has 0 fully saturated rings. The van der Waals surface area contributed by atoms with Crippen LogP contribution in [-0.2, 0) is 11.2 Å². The van der Waals surface area contributed by atoms with Gasteiger partial charge in [0.15, 0.2) is 5.58 Å². The van der Waals surface area contributed by atoms with Gasteiger partial charge in [-0.05, 0) is 17.7 Å². The molecule has 7 heteroatoms. The van der Waals surface area contributed by atoms with Crippen LogP contribution < -0.4 is 5.76 Å². The number of nitrogens with zero attached hydrogens (tertiary/aromatic N) is 1. The number of aromatic amines is 2. The highest BCUT2D eigenvalue weighted by Gasteiger charge is 2.12. The zero-order valence-electron chi connectivity index (χ0n) is 9.64. The predicted octanol–water partition coefficient (Wildman–Crippen LogP) is 1.14. The SMILES string of the molecule is O=C(O)Cc1[nH]ncc1-c1ccc2oc(=O)[nH]c2c1. The number of nitrogens with one attached hydrogen (secondary N) is 2. The monoisotopic (exact) mass is 259 g/mol. The molecule has 3 aromatic rings. The Hall–Kier alpha value is -2.83. The minimum Gasteiger partial charge on any atom is -0.481 e. The van der Waals surface area contributed by atoms with Crippen molar-refractivity contribution in [3.8, 4) is 11.1 Å². The summed E-state index contributed by atoms with van der Waals surface area (Å²) in [6, 6.07) is 5.12. The summed E-state index contributed by atoms with van der Waals surface area (Å²) in [6.45, 7) is 0. The van der Waals surface area contributed by atoms with Crippen LogP contribution in [-0.4, -0.2) is 26.3 Å². The highest BCUT2D eigenvalue weighted by Crippen LogP contribution is 2.25. The van der Waals surface area contributed by atoms with Gasteiger partial charge in [-0.1, -0.05) is 6.07 Å². The smallest absolute Gasteiger partial charge is 0.417 e. The molecule has 2 heterocycles. The minimum atomic E-state index is -0.941. The van der Waals surface area contributed by atoms with E-state index in [0.717, 1.165) is 5.56 Å². The van der Waals surface area contributed by atoms with Crippen molar-refractivity contribution in [3.05, 3.63) is 40.6 Å². The molecule has 0 aliphatic heterocycles. The number of aromatic nitrogens is 3. The number of hydrogen-bond acceptors (Lipinski definition) is 4. The van der Waals surface area contributed by atoms with Gasteiger partial charge in [0, 0.05) is 5.56 Å². The van der Waals surface area contributed by atoms with Crippen molar-refractivity contribution in [2.24, 2.45) is 0 Å². The number of carboxylic acids is 1. The van der Waals surface area contributed by atoms with Crippen molar-refractivity contribution in [1.82, 2.24) is 15.2 Å². The summed E-state index contributed by atoms with van der Waals surface area (Å²) in [5.41, 5.74) is 2.97. The van der Waals surface area contributed by atoms with E-state index in [1.807, 2.05) is 0 Å². The summed E-state index contributed by atoms with van der Waals surface area (Å²) in [5, 5.41) is 15.3. The number of hydrogen-bond donors (Lipinski definition) is 3. The molecular weight excluding hydrogens is 250 g/mol. The first-order valence-electron chi connectivity index (χ1n) is 5.51. The van der Waals surface area contributed by atoms with Gasteiger partial charge in [-0.3, -0.25) is 14.9 Å². The highest BCUT2D eigenvalue weighted by molar-refractivity contribution is 5.82. The standard InChI is InChI=1S/C12H9N3O4/c16-11(17)4-8-7(5-13-15-8)6-1-2-10-9(3-6)14-12(18)19-10/h1-3,5H,4H2,(H,13,15)(H,14,18)(H,16,17). The maximum absolute atomic E-state index is 11.1. The maximum Gasteiger partial charge on any atom is 0.417 e. The molecule has 19 heavy (non-hydrogen) atoms. The van der Waals surface area contributed by atoms with Crippen molar-refractivity contribution in [2.75, 3.05) is 0 Å². The molecule has 2 aromatic heterocycles. The van der Waals surface area contributed by atoms with E-state index < -0.39 is 11.7 Å². The van der Waals surface area contributed by atoms with E-state index in [0.29, 0.717) is 22.4 Å². The topological polar surface area (TPSA) is 112 Å². The molecule has 0 radical (unpaired) electrons. The van der Waals surface area contributed by atoms with Crippen molar-refractivity contribution in [1.29, 1.82) is 0 Å². The van der Waals surface area contributed by atoms with Crippen LogP contribution in [0.25, 0.3) is 22.2 Å². The van der Waals surface area contributed by atoms with Crippen molar-refractivity contribution in [3.63, 3.8) is 0 Å². The molecule has 1 aromatic carbocycles. The predicted molar refractivity (Wildman–Crippen MR) is 65.8 cm³/mol. The Morgan fingerprint density at radius 2 is 2.26 bits per heavy atom. The van der Waals surface area contributed by atoms with Gasteiger partial charge in [-0.2, -0.15) is 5.10 Å². The third kappa shape index (κ3) is 2.01. The Bertz CT molecular complexity index is 812. The molecule has 0 saturated carbocycles. The third-order valence-corrected chi connectivity index (χ3v) is 2.78. The van der Waals surface area contributed by atoms with Gasteiger partial charge in [-0.25, -0.2) is 4.79 Å². The first-order chi connectivity index (χ1) is 9.13. The molecule has 0 unspecified atom stereocenters. The number of aliphatic carboxylic acids is 1. The van der Waals surface area contributed by atoms with E-state index in [2.05, 4.69) is 15.2 Å². The Balaban J connectivity index is 2.11. The molecule has 96 valence electrons. The number of benzene rings is 1. The largest absolute Gasteiger partial charge is 0.481 e. The van der Waals surface area contributed by atoms with Crippen LogP contribution in [0.1, 0.15) is 5.69 Å². The van der Waals surface area contributed by atoms with Crippen molar-refractivity contribution < 1.29 is 14.3 Å². The number of carbonyl (C=O) groups is 1. The first-order valence-corrected chi connectivity index (χ1v) is 5.51. The second-order valence-corrected chi connectivity index (χ2v) is 4.06. The van der Waals surface area contributed by atoms with Crippen molar-refractivity contribution >= 4 is 17.1 Å². The van der Waals surface area contributed by atoms with Crippen LogP contribution in [0.5, 0.6) is 0 Å². The van der Waals surface area contributed by atoms with Crippen LogP contribution in [0.15, 0.2) is 33.6 Å². The first kappa shape index (κ1) is 11.3. The van der Waals surface area contributed by atoms with Crippen LogP contribution in [0, 0.1) is 0 Å². The number of carboxylic acid groups (broad SMARTS) is 1. The lowest BCUT2D eigenvalue weighted by molar-refractivity contribution is -0.136. The third-order valence-electron chi connectivity index (χ3n) is 2.78. The van der Waals surface area contributed by atoms with Gasteiger partial charge >= 0.3 is 11.7 Å². The Morgan fingerprint density at radius 3 is 3.05 bits per heavy atom. The average Bonchev–Trinajstić information content (AvgIpc) is 2.92. The lowest BCUT2D eigenvalue weighted by atomic mass is 10.0. The van der Waals surface area contributed by atoms with E-state index in [4.69, 9.17) is 9.52 Å². The second kappa shape index (κ2) is 4.13. The van der Waals surface area contributed by atoms with Crippen LogP contribution >= 0.6 is 0 Å². The zero-order valence-corrected chi connectivity index (χ0v) is 9.64. The second-order valence-electron chi connectivity index (χ2n) is 4.06. The van der Waals surface area contributed by atoms with Gasteiger partial charge in [0.2, 0.25) is 0 Å². The summed E-state index contributed by atoms with van der Waals surface area (Å²) in [4.78, 5) is 24.4. The Labute approximate surface area is 105 Å². The van der Waals surface area contributed by atoms with Gasteiger partial charge in [0.25, 0.3) is 0 Å². The molecule has 0 amide bonds. The summed E-state index contributed by atoms with van der Waals surface area (Å²) < 4.78 is 4.91. The Kier molecular flexibility index (Phi) is 2.45. The summed E-state index contributed by atoms with van der Waals surface area (Å²) >= 11 is 0. The molecule has 0 saturated heterocycles. The Morgan fingerprint density at radius 1 is 1.42 bits per heavy atom. The number of H-pyrrole nitrogens is 2. The number of rotatable bonds is 3. The molecular formula is C12H9N3O4. The summed E-state index contributed by atoms with van der Waals surface area (Å²) in [6.07, 6.45) is 1.41. The quantitative estimate of drug-likeness (QED) is 0.652. The minimum absolute atomic E-state index is 0.144. The molecule has 3 N–H and O–H groups in total. The molecule has 7 nitrogen and oxygen atoms in total. The van der Waals surface area contributed by atoms with E-state index in [-0.39, 0.29) is 6.42 Å². The lowest BCUT2D eigenvalue weighted by Gasteiger charge is -2.00. The maximum atomic E-state index is 11.1. The number of oxazole rings is 1. The fourth-order valence-corrected chi connectivity index (χ4v) is 1.97.